The lowest BCUT2D eigenvalue weighted by Gasteiger charge is -2.32. The van der Waals surface area contributed by atoms with Crippen LogP contribution >= 0.6 is 0 Å². The molecule has 5 nitrogen and oxygen atoms in total. The maximum absolute atomic E-state index is 11.8. The Labute approximate surface area is 115 Å². The van der Waals surface area contributed by atoms with Gasteiger partial charge in [0.1, 0.15) is 0 Å². The number of sulfonamides is 1. The first-order valence-electron chi connectivity index (χ1n) is 6.79. The third kappa shape index (κ3) is 3.58. The fourth-order valence-electron chi connectivity index (χ4n) is 2.45. The van der Waals surface area contributed by atoms with Crippen molar-refractivity contribution in [2.45, 2.75) is 38.8 Å². The average molecular weight is 286 g/mol. The van der Waals surface area contributed by atoms with Gasteiger partial charge in [0.25, 0.3) is 0 Å². The van der Waals surface area contributed by atoms with Gasteiger partial charge < -0.3 is 9.73 Å². The number of nitrogens with zero attached hydrogens (tertiary/aromatic N) is 1. The molecule has 1 unspecified atom stereocenters. The van der Waals surface area contributed by atoms with Gasteiger partial charge in [-0.25, -0.2) is 12.7 Å². The molecule has 19 heavy (non-hydrogen) atoms. The smallest absolute Gasteiger partial charge is 0.213 e. The Bertz CT molecular complexity index is 476. The van der Waals surface area contributed by atoms with Crippen LogP contribution in [0.5, 0.6) is 0 Å². The Morgan fingerprint density at radius 1 is 1.47 bits per heavy atom. The largest absolute Gasteiger partial charge is 0.472 e. The van der Waals surface area contributed by atoms with Gasteiger partial charge in [-0.15, -0.1) is 0 Å². The molecular weight excluding hydrogens is 264 g/mol. The molecule has 0 saturated carbocycles. The number of furan rings is 1. The average Bonchev–Trinajstić information content (AvgIpc) is 2.93. The summed E-state index contributed by atoms with van der Waals surface area (Å²) in [6.07, 6.45) is 5.14. The third-order valence-electron chi connectivity index (χ3n) is 3.74. The summed E-state index contributed by atoms with van der Waals surface area (Å²) in [5, 5.41) is 3.53. The van der Waals surface area contributed by atoms with Gasteiger partial charge in [-0.1, -0.05) is 0 Å². The number of rotatable bonds is 5. The summed E-state index contributed by atoms with van der Waals surface area (Å²) in [4.78, 5) is 0. The lowest BCUT2D eigenvalue weighted by Crippen LogP contribution is -2.45. The highest BCUT2D eigenvalue weighted by Gasteiger charge is 2.27. The molecule has 0 aromatic carbocycles. The lowest BCUT2D eigenvalue weighted by molar-refractivity contribution is 0.277. The van der Waals surface area contributed by atoms with Gasteiger partial charge in [-0.3, -0.25) is 0 Å². The quantitative estimate of drug-likeness (QED) is 0.895. The molecule has 108 valence electrons. The zero-order valence-corrected chi connectivity index (χ0v) is 12.3. The van der Waals surface area contributed by atoms with Gasteiger partial charge >= 0.3 is 0 Å². The standard InChI is InChI=1S/C13H22N2O3S/c1-3-19(16,17)15-7-4-13(5-8-15)14-11(2)12-6-9-18-10-12/h6,9-11,13-14H,3-5,7-8H2,1-2H3. The van der Waals surface area contributed by atoms with Crippen molar-refractivity contribution in [3.05, 3.63) is 24.2 Å². The van der Waals surface area contributed by atoms with E-state index < -0.39 is 10.0 Å². The van der Waals surface area contributed by atoms with E-state index in [-0.39, 0.29) is 11.8 Å². The maximum atomic E-state index is 11.8. The van der Waals surface area contributed by atoms with E-state index in [2.05, 4.69) is 12.2 Å². The molecule has 1 aliphatic heterocycles. The first kappa shape index (κ1) is 14.6. The maximum Gasteiger partial charge on any atom is 0.213 e. The van der Waals surface area contributed by atoms with Crippen LogP contribution in [-0.4, -0.2) is 37.6 Å². The SMILES string of the molecule is CCS(=O)(=O)N1CCC(NC(C)c2ccoc2)CC1. The van der Waals surface area contributed by atoms with Gasteiger partial charge in [0.15, 0.2) is 0 Å². The van der Waals surface area contributed by atoms with Gasteiger partial charge in [0.05, 0.1) is 18.3 Å². The normalized spacial score (nSPS) is 20.5. The summed E-state index contributed by atoms with van der Waals surface area (Å²) in [7, 11) is -3.03. The van der Waals surface area contributed by atoms with Crippen LogP contribution in [0.1, 0.15) is 38.3 Å². The van der Waals surface area contributed by atoms with Crippen molar-refractivity contribution in [1.29, 1.82) is 0 Å². The molecule has 6 heteroatoms. The first-order valence-corrected chi connectivity index (χ1v) is 8.40. The molecule has 1 aromatic heterocycles. The molecule has 2 rings (SSSR count). The van der Waals surface area contributed by atoms with E-state index in [1.54, 1.807) is 23.8 Å². The minimum atomic E-state index is -3.03. The highest BCUT2D eigenvalue weighted by atomic mass is 32.2. The fourth-order valence-corrected chi connectivity index (χ4v) is 3.59. The van der Waals surface area contributed by atoms with E-state index in [0.717, 1.165) is 18.4 Å². The number of nitrogens with one attached hydrogen (secondary N) is 1. The van der Waals surface area contributed by atoms with E-state index in [4.69, 9.17) is 4.42 Å². The van der Waals surface area contributed by atoms with Gasteiger partial charge in [-0.05, 0) is 32.8 Å². The van der Waals surface area contributed by atoms with E-state index in [0.29, 0.717) is 19.1 Å². The minimum absolute atomic E-state index is 0.191. The van der Waals surface area contributed by atoms with Crippen molar-refractivity contribution in [3.63, 3.8) is 0 Å². The zero-order chi connectivity index (χ0) is 13.9. The predicted molar refractivity (Wildman–Crippen MR) is 74.3 cm³/mol. The topological polar surface area (TPSA) is 62.6 Å². The summed E-state index contributed by atoms with van der Waals surface area (Å²) in [6, 6.07) is 2.56. The molecule has 2 heterocycles. The summed E-state index contributed by atoms with van der Waals surface area (Å²) >= 11 is 0. The van der Waals surface area contributed by atoms with Crippen molar-refractivity contribution in [2.24, 2.45) is 0 Å². The van der Waals surface area contributed by atoms with Crippen molar-refractivity contribution in [2.75, 3.05) is 18.8 Å². The molecule has 1 N–H and O–H groups in total. The number of hydrogen-bond donors (Lipinski definition) is 1. The second-order valence-electron chi connectivity index (χ2n) is 5.02. The highest BCUT2D eigenvalue weighted by molar-refractivity contribution is 7.89. The molecule has 1 atom stereocenters. The van der Waals surface area contributed by atoms with Crippen LogP contribution < -0.4 is 5.32 Å². The second kappa shape index (κ2) is 6.07. The molecule has 0 radical (unpaired) electrons. The summed E-state index contributed by atoms with van der Waals surface area (Å²) in [6.45, 7) is 5.03. The Kier molecular flexibility index (Phi) is 4.65. The minimum Gasteiger partial charge on any atom is -0.472 e. The van der Waals surface area contributed by atoms with Crippen LogP contribution in [0.4, 0.5) is 0 Å². The number of piperidine rings is 1. The van der Waals surface area contributed by atoms with Crippen LogP contribution in [-0.2, 0) is 10.0 Å². The Morgan fingerprint density at radius 3 is 2.68 bits per heavy atom. The fraction of sp³-hybridized carbons (Fsp3) is 0.692. The zero-order valence-electron chi connectivity index (χ0n) is 11.5. The molecular formula is C13H22N2O3S. The van der Waals surface area contributed by atoms with Gasteiger partial charge in [-0.2, -0.15) is 0 Å². The van der Waals surface area contributed by atoms with Crippen molar-refractivity contribution < 1.29 is 12.8 Å². The highest BCUT2D eigenvalue weighted by Crippen LogP contribution is 2.19. The van der Waals surface area contributed by atoms with Crippen LogP contribution in [0.2, 0.25) is 0 Å². The Balaban J connectivity index is 1.84. The molecule has 1 aliphatic rings. The van der Waals surface area contributed by atoms with Gasteiger partial charge in [0.2, 0.25) is 10.0 Å². The van der Waals surface area contributed by atoms with Crippen LogP contribution in [0.3, 0.4) is 0 Å². The molecule has 1 saturated heterocycles. The van der Waals surface area contributed by atoms with E-state index in [1.165, 1.54) is 0 Å². The van der Waals surface area contributed by atoms with Crippen molar-refractivity contribution >= 4 is 10.0 Å². The van der Waals surface area contributed by atoms with E-state index in [1.807, 2.05) is 6.07 Å². The first-order chi connectivity index (χ1) is 9.03. The second-order valence-corrected chi connectivity index (χ2v) is 7.28. The molecule has 1 fully saturated rings. The molecule has 0 spiro atoms. The van der Waals surface area contributed by atoms with Crippen LogP contribution in [0.25, 0.3) is 0 Å². The Hall–Kier alpha value is -0.850. The van der Waals surface area contributed by atoms with Crippen LogP contribution in [0, 0.1) is 0 Å². The van der Waals surface area contributed by atoms with E-state index >= 15 is 0 Å². The third-order valence-corrected chi connectivity index (χ3v) is 5.62. The van der Waals surface area contributed by atoms with Crippen molar-refractivity contribution in [3.8, 4) is 0 Å². The Morgan fingerprint density at radius 2 is 2.16 bits per heavy atom. The molecule has 0 aliphatic carbocycles. The summed E-state index contributed by atoms with van der Waals surface area (Å²) in [5.74, 6) is 0.191. The summed E-state index contributed by atoms with van der Waals surface area (Å²) < 4.78 is 30.2. The monoisotopic (exact) mass is 286 g/mol. The molecule has 1 aromatic rings. The molecule has 0 amide bonds. The van der Waals surface area contributed by atoms with E-state index in [9.17, 15) is 8.42 Å². The van der Waals surface area contributed by atoms with Crippen LogP contribution in [0.15, 0.2) is 23.0 Å². The predicted octanol–water partition coefficient (Wildman–Crippen LogP) is 1.74. The molecule has 0 bridgehead atoms. The summed E-state index contributed by atoms with van der Waals surface area (Å²) in [5.41, 5.74) is 1.13. The lowest BCUT2D eigenvalue weighted by atomic mass is 10.0. The van der Waals surface area contributed by atoms with Gasteiger partial charge in [0, 0.05) is 30.7 Å². The van der Waals surface area contributed by atoms with Crippen molar-refractivity contribution in [1.82, 2.24) is 9.62 Å². The number of hydrogen-bond acceptors (Lipinski definition) is 4.